The minimum atomic E-state index is -0.385. The summed E-state index contributed by atoms with van der Waals surface area (Å²) in [5, 5.41) is 12.9. The summed E-state index contributed by atoms with van der Waals surface area (Å²) in [6.07, 6.45) is 0. The van der Waals surface area contributed by atoms with Gasteiger partial charge in [0.05, 0.1) is 11.4 Å². The molecule has 2 amide bonds. The zero-order chi connectivity index (χ0) is 14.1. The summed E-state index contributed by atoms with van der Waals surface area (Å²) in [5.74, 6) is -0.0341. The highest BCUT2D eigenvalue weighted by molar-refractivity contribution is 8.00. The minimum Gasteiger partial charge on any atom is -0.324 e. The Morgan fingerprint density at radius 2 is 2.25 bits per heavy atom. The third kappa shape index (κ3) is 2.77. The molecule has 1 aromatic carbocycles. The van der Waals surface area contributed by atoms with Crippen LogP contribution in [0.1, 0.15) is 9.80 Å². The summed E-state index contributed by atoms with van der Waals surface area (Å²) in [4.78, 5) is 24.2. The second-order valence-electron chi connectivity index (χ2n) is 3.86. The van der Waals surface area contributed by atoms with Crippen LogP contribution in [0.25, 0.3) is 0 Å². The lowest BCUT2D eigenvalue weighted by Crippen LogP contribution is -2.19. The molecule has 3 rings (SSSR count). The fraction of sp³-hybridized carbons (Fsp3) is 0.0909. The van der Waals surface area contributed by atoms with Gasteiger partial charge in [-0.1, -0.05) is 11.3 Å². The maximum absolute atomic E-state index is 11.9. The van der Waals surface area contributed by atoms with Gasteiger partial charge in [0.25, 0.3) is 5.91 Å². The average molecular weight is 327 g/mol. The van der Waals surface area contributed by atoms with Crippen LogP contribution >= 0.6 is 34.7 Å². The van der Waals surface area contributed by atoms with Crippen molar-refractivity contribution in [1.29, 1.82) is 0 Å². The molecule has 1 aliphatic rings. The van der Waals surface area contributed by atoms with Crippen molar-refractivity contribution < 1.29 is 9.59 Å². The molecule has 2 heterocycles. The first-order valence-corrected chi connectivity index (χ1v) is 7.67. The van der Waals surface area contributed by atoms with Crippen LogP contribution in [0.3, 0.4) is 0 Å². The summed E-state index contributed by atoms with van der Waals surface area (Å²) in [6.45, 7) is 0. The Bertz CT molecular complexity index is 703. The van der Waals surface area contributed by atoms with E-state index < -0.39 is 0 Å². The van der Waals surface area contributed by atoms with Gasteiger partial charge in [-0.3, -0.25) is 9.59 Å². The molecule has 2 N–H and O–H groups in total. The van der Waals surface area contributed by atoms with Crippen molar-refractivity contribution in [3.8, 4) is 0 Å². The van der Waals surface area contributed by atoms with Crippen LogP contribution in [0.4, 0.5) is 11.4 Å². The zero-order valence-corrected chi connectivity index (χ0v) is 12.2. The summed E-state index contributed by atoms with van der Waals surface area (Å²) in [6, 6.07) is 5.33. The monoisotopic (exact) mass is 326 g/mol. The van der Waals surface area contributed by atoms with Gasteiger partial charge in [-0.15, -0.1) is 22.0 Å². The Kier molecular flexibility index (Phi) is 3.60. The third-order valence-corrected chi connectivity index (χ3v) is 4.56. The largest absolute Gasteiger partial charge is 0.324 e. The number of thioether (sulfide) groups is 1. The van der Waals surface area contributed by atoms with E-state index in [4.69, 9.17) is 11.6 Å². The van der Waals surface area contributed by atoms with E-state index in [9.17, 15) is 9.59 Å². The highest BCUT2D eigenvalue weighted by atomic mass is 35.5. The van der Waals surface area contributed by atoms with Gasteiger partial charge in [-0.2, -0.15) is 0 Å². The Morgan fingerprint density at radius 3 is 3.00 bits per heavy atom. The molecular formula is C11H7ClN4O2S2. The number of fused-ring (bicyclic) bond motifs is 1. The SMILES string of the molecule is O=C1CSc2ccc(NC(=O)c3nnc(Cl)s3)cc2N1. The maximum atomic E-state index is 11.9. The first-order chi connectivity index (χ1) is 9.61. The van der Waals surface area contributed by atoms with Crippen molar-refractivity contribution in [1.82, 2.24) is 10.2 Å². The lowest BCUT2D eigenvalue weighted by molar-refractivity contribution is -0.113. The molecule has 0 atom stereocenters. The summed E-state index contributed by atoms with van der Waals surface area (Å²) in [7, 11) is 0. The van der Waals surface area contributed by atoms with Crippen LogP contribution in [0.15, 0.2) is 23.1 Å². The van der Waals surface area contributed by atoms with E-state index in [0.29, 0.717) is 17.1 Å². The Hall–Kier alpha value is -1.64. The molecule has 2 aromatic rings. The first-order valence-electron chi connectivity index (χ1n) is 5.49. The highest BCUT2D eigenvalue weighted by Crippen LogP contribution is 2.33. The van der Waals surface area contributed by atoms with Gasteiger partial charge in [0.2, 0.25) is 15.4 Å². The van der Waals surface area contributed by atoms with E-state index in [1.54, 1.807) is 12.1 Å². The maximum Gasteiger partial charge on any atom is 0.286 e. The molecule has 0 unspecified atom stereocenters. The van der Waals surface area contributed by atoms with E-state index in [-0.39, 0.29) is 21.3 Å². The van der Waals surface area contributed by atoms with E-state index in [0.717, 1.165) is 16.2 Å². The van der Waals surface area contributed by atoms with Gasteiger partial charge in [-0.05, 0) is 29.8 Å². The van der Waals surface area contributed by atoms with Crippen molar-refractivity contribution in [2.24, 2.45) is 0 Å². The molecule has 0 saturated carbocycles. The molecule has 6 nitrogen and oxygen atoms in total. The van der Waals surface area contributed by atoms with Crippen LogP contribution in [-0.2, 0) is 4.79 Å². The number of carbonyl (C=O) groups is 2. The standard InChI is InChI=1S/C11H7ClN4O2S2/c12-11-16-15-10(20-11)9(18)13-5-1-2-7-6(3-5)14-8(17)4-19-7/h1-3H,4H2,(H,13,18)(H,14,17). The number of anilines is 2. The van der Waals surface area contributed by atoms with Gasteiger partial charge in [-0.25, -0.2) is 0 Å². The molecular weight excluding hydrogens is 320 g/mol. The van der Waals surface area contributed by atoms with E-state index in [1.165, 1.54) is 11.8 Å². The van der Waals surface area contributed by atoms with Gasteiger partial charge in [0, 0.05) is 10.6 Å². The summed E-state index contributed by atoms with van der Waals surface area (Å²) >= 11 is 8.10. The lowest BCUT2D eigenvalue weighted by Gasteiger charge is -2.17. The number of benzene rings is 1. The molecule has 9 heteroatoms. The van der Waals surface area contributed by atoms with E-state index in [1.807, 2.05) is 6.07 Å². The fourth-order valence-corrected chi connectivity index (χ4v) is 3.15. The quantitative estimate of drug-likeness (QED) is 0.885. The van der Waals surface area contributed by atoms with Crippen molar-refractivity contribution in [2.45, 2.75) is 4.90 Å². The number of amides is 2. The van der Waals surface area contributed by atoms with Gasteiger partial charge in [0.15, 0.2) is 0 Å². The topological polar surface area (TPSA) is 84.0 Å². The van der Waals surface area contributed by atoms with Gasteiger partial charge < -0.3 is 10.6 Å². The second-order valence-corrected chi connectivity index (χ2v) is 6.44. The first kappa shape index (κ1) is 13.3. The van der Waals surface area contributed by atoms with Crippen molar-refractivity contribution in [2.75, 3.05) is 16.4 Å². The number of hydrogen-bond acceptors (Lipinski definition) is 6. The molecule has 20 heavy (non-hydrogen) atoms. The Balaban J connectivity index is 1.80. The number of rotatable bonds is 2. The van der Waals surface area contributed by atoms with Crippen LogP contribution in [0.5, 0.6) is 0 Å². The average Bonchev–Trinajstić information content (AvgIpc) is 2.85. The number of aromatic nitrogens is 2. The van der Waals surface area contributed by atoms with E-state index >= 15 is 0 Å². The second kappa shape index (κ2) is 5.39. The predicted molar refractivity (Wildman–Crippen MR) is 78.7 cm³/mol. The molecule has 0 spiro atoms. The van der Waals surface area contributed by atoms with Gasteiger partial charge in [0.1, 0.15) is 0 Å². The smallest absolute Gasteiger partial charge is 0.286 e. The zero-order valence-electron chi connectivity index (χ0n) is 9.84. The molecule has 0 aliphatic carbocycles. The van der Waals surface area contributed by atoms with Crippen LogP contribution in [0.2, 0.25) is 4.47 Å². The Labute approximate surface area is 126 Å². The number of hydrogen-bond donors (Lipinski definition) is 2. The number of carbonyl (C=O) groups excluding carboxylic acids is 2. The predicted octanol–water partition coefficient (Wildman–Crippen LogP) is 2.49. The summed E-state index contributed by atoms with van der Waals surface area (Å²) < 4.78 is 0.212. The normalized spacial score (nSPS) is 13.6. The summed E-state index contributed by atoms with van der Waals surface area (Å²) in [5.41, 5.74) is 1.27. The van der Waals surface area contributed by atoms with Crippen molar-refractivity contribution in [3.05, 3.63) is 27.7 Å². The minimum absolute atomic E-state index is 0.0538. The molecule has 0 radical (unpaired) electrons. The molecule has 0 fully saturated rings. The van der Waals surface area contributed by atoms with Crippen LogP contribution < -0.4 is 10.6 Å². The molecule has 1 aromatic heterocycles. The Morgan fingerprint density at radius 1 is 1.40 bits per heavy atom. The molecule has 0 saturated heterocycles. The van der Waals surface area contributed by atoms with Crippen LogP contribution in [0, 0.1) is 0 Å². The van der Waals surface area contributed by atoms with Crippen molar-refractivity contribution >= 4 is 57.9 Å². The molecule has 102 valence electrons. The number of nitrogens with one attached hydrogen (secondary N) is 2. The molecule has 1 aliphatic heterocycles. The number of halogens is 1. The highest BCUT2D eigenvalue weighted by Gasteiger charge is 2.17. The number of nitrogens with zero attached hydrogens (tertiary/aromatic N) is 2. The van der Waals surface area contributed by atoms with E-state index in [2.05, 4.69) is 20.8 Å². The fourth-order valence-electron chi connectivity index (χ4n) is 1.64. The van der Waals surface area contributed by atoms with Gasteiger partial charge >= 0.3 is 0 Å². The van der Waals surface area contributed by atoms with Crippen molar-refractivity contribution in [3.63, 3.8) is 0 Å². The van der Waals surface area contributed by atoms with Crippen LogP contribution in [-0.4, -0.2) is 27.8 Å². The third-order valence-electron chi connectivity index (χ3n) is 2.46. The molecule has 0 bridgehead atoms. The lowest BCUT2D eigenvalue weighted by atomic mass is 10.2.